The van der Waals surface area contributed by atoms with E-state index in [1.165, 1.54) is 0 Å². The van der Waals surface area contributed by atoms with Gasteiger partial charge in [-0.1, -0.05) is 30.3 Å². The molecule has 3 atom stereocenters. The molecular weight excluding hydrogens is 423 g/mol. The van der Waals surface area contributed by atoms with Crippen molar-refractivity contribution in [1.29, 1.82) is 0 Å². The van der Waals surface area contributed by atoms with Crippen molar-refractivity contribution in [2.45, 2.75) is 29.6 Å². The average molecular weight is 443 g/mol. The number of carbonyl (C=O) groups excluding carboxylic acids is 2. The maximum absolute atomic E-state index is 12.6. The molecule has 162 valence electrons. The van der Waals surface area contributed by atoms with Crippen LogP contribution in [0, 0.1) is 0 Å². The zero-order valence-electron chi connectivity index (χ0n) is 15.9. The van der Waals surface area contributed by atoms with E-state index in [9.17, 15) is 32.1 Å². The van der Waals surface area contributed by atoms with Crippen LogP contribution in [-0.2, 0) is 31.3 Å². The Bertz CT molecular complexity index is 888. The van der Waals surface area contributed by atoms with Crippen LogP contribution in [0.5, 0.6) is 0 Å². The first-order valence-electron chi connectivity index (χ1n) is 8.80. The Balaban J connectivity index is 2.03. The summed E-state index contributed by atoms with van der Waals surface area (Å²) in [5.74, 6) is -1.75. The number of alkyl halides is 3. The fourth-order valence-electron chi connectivity index (χ4n) is 2.56. The number of methoxy groups -OCH3 is 1. The second-order valence-corrected chi connectivity index (χ2v) is 7.83. The van der Waals surface area contributed by atoms with Gasteiger partial charge in [0.25, 0.3) is 5.91 Å². The minimum absolute atomic E-state index is 0.0281. The number of hydrogen-bond donors (Lipinski definition) is 2. The van der Waals surface area contributed by atoms with Gasteiger partial charge >= 0.3 is 12.1 Å². The van der Waals surface area contributed by atoms with Crippen molar-refractivity contribution in [3.63, 3.8) is 0 Å². The van der Waals surface area contributed by atoms with Crippen molar-refractivity contribution in [3.05, 3.63) is 65.7 Å². The number of ether oxygens (including phenoxy) is 1. The number of halogens is 3. The van der Waals surface area contributed by atoms with Crippen LogP contribution in [0.25, 0.3) is 0 Å². The highest BCUT2D eigenvalue weighted by atomic mass is 32.2. The van der Waals surface area contributed by atoms with Crippen LogP contribution in [0.15, 0.2) is 59.5 Å². The number of aliphatic hydroxyl groups is 1. The predicted octanol–water partition coefficient (Wildman–Crippen LogP) is 2.59. The van der Waals surface area contributed by atoms with Gasteiger partial charge in [-0.25, -0.2) is 4.79 Å². The Labute approximate surface area is 173 Å². The Morgan fingerprint density at radius 3 is 2.23 bits per heavy atom. The first-order chi connectivity index (χ1) is 14.1. The van der Waals surface area contributed by atoms with Crippen molar-refractivity contribution in [3.8, 4) is 0 Å². The summed E-state index contributed by atoms with van der Waals surface area (Å²) in [6.07, 6.45) is -6.37. The standard InChI is InChI=1S/C20H20F3NO5S/c1-29-19(27)16(11-12-30(28)15-5-3-2-4-6-15)24-18(26)17(25)13-7-9-14(10-8-13)20(21,22)23/h2-10,16-17,25H,11-12H2,1H3,(H,24,26)/t16-,17+,30-/m1/s1. The minimum atomic E-state index is -4.55. The van der Waals surface area contributed by atoms with Gasteiger partial charge in [0, 0.05) is 10.6 Å². The van der Waals surface area contributed by atoms with Crippen molar-refractivity contribution in [1.82, 2.24) is 5.32 Å². The Morgan fingerprint density at radius 1 is 1.10 bits per heavy atom. The molecule has 30 heavy (non-hydrogen) atoms. The highest BCUT2D eigenvalue weighted by Crippen LogP contribution is 2.30. The molecular formula is C20H20F3NO5S. The first-order valence-corrected chi connectivity index (χ1v) is 10.1. The van der Waals surface area contributed by atoms with Gasteiger partial charge < -0.3 is 15.2 Å². The summed E-state index contributed by atoms with van der Waals surface area (Å²) in [6, 6.07) is 10.8. The number of aliphatic hydroxyl groups excluding tert-OH is 1. The number of nitrogens with one attached hydrogen (secondary N) is 1. The molecule has 0 fully saturated rings. The monoisotopic (exact) mass is 443 g/mol. The highest BCUT2D eigenvalue weighted by molar-refractivity contribution is 7.85. The second-order valence-electron chi connectivity index (χ2n) is 6.26. The molecule has 0 heterocycles. The molecule has 0 unspecified atom stereocenters. The summed E-state index contributed by atoms with van der Waals surface area (Å²) in [7, 11) is -0.310. The summed E-state index contributed by atoms with van der Waals surface area (Å²) in [5.41, 5.74) is -0.994. The Kier molecular flexibility index (Phi) is 8.13. The van der Waals surface area contributed by atoms with Crippen molar-refractivity contribution < 1.29 is 36.8 Å². The van der Waals surface area contributed by atoms with E-state index in [1.54, 1.807) is 30.3 Å². The molecule has 2 aromatic carbocycles. The molecule has 0 radical (unpaired) electrons. The number of hydrogen-bond acceptors (Lipinski definition) is 5. The summed E-state index contributed by atoms with van der Waals surface area (Å²) < 4.78 is 54.9. The molecule has 2 N–H and O–H groups in total. The smallest absolute Gasteiger partial charge is 0.416 e. The van der Waals surface area contributed by atoms with E-state index in [0.29, 0.717) is 4.90 Å². The molecule has 0 saturated carbocycles. The molecule has 6 nitrogen and oxygen atoms in total. The van der Waals surface area contributed by atoms with Crippen LogP contribution in [0.1, 0.15) is 23.7 Å². The summed E-state index contributed by atoms with van der Waals surface area (Å²) in [6.45, 7) is 0. The van der Waals surface area contributed by atoms with Gasteiger partial charge in [-0.15, -0.1) is 0 Å². The van der Waals surface area contributed by atoms with E-state index in [2.05, 4.69) is 10.1 Å². The summed E-state index contributed by atoms with van der Waals surface area (Å²) in [4.78, 5) is 24.8. The molecule has 0 aliphatic heterocycles. The molecule has 0 saturated heterocycles. The third-order valence-electron chi connectivity index (χ3n) is 4.20. The largest absolute Gasteiger partial charge is 0.467 e. The van der Waals surface area contributed by atoms with E-state index < -0.39 is 46.6 Å². The van der Waals surface area contributed by atoms with Crippen LogP contribution in [-0.4, -0.2) is 40.1 Å². The molecule has 1 amide bonds. The molecule has 0 spiro atoms. The lowest BCUT2D eigenvalue weighted by Gasteiger charge is -2.19. The molecule has 0 aliphatic carbocycles. The zero-order valence-corrected chi connectivity index (χ0v) is 16.7. The van der Waals surface area contributed by atoms with Gasteiger partial charge in [0.1, 0.15) is 6.04 Å². The molecule has 10 heteroatoms. The summed E-state index contributed by atoms with van der Waals surface area (Å²) >= 11 is 0. The van der Waals surface area contributed by atoms with Crippen molar-refractivity contribution >= 4 is 22.7 Å². The third kappa shape index (κ3) is 6.39. The molecule has 2 rings (SSSR count). The lowest BCUT2D eigenvalue weighted by atomic mass is 10.1. The first kappa shape index (κ1) is 23.6. The molecule has 0 aromatic heterocycles. The van der Waals surface area contributed by atoms with Gasteiger partial charge in [0.2, 0.25) is 0 Å². The zero-order chi connectivity index (χ0) is 22.3. The van der Waals surface area contributed by atoms with E-state index in [0.717, 1.165) is 31.4 Å². The SMILES string of the molecule is COC(=O)[C@@H](CC[S@@](=O)c1ccccc1)NC(=O)[C@@H](O)c1ccc(C(F)(F)F)cc1. The van der Waals surface area contributed by atoms with Crippen LogP contribution in [0.2, 0.25) is 0 Å². The fourth-order valence-corrected chi connectivity index (χ4v) is 3.71. The van der Waals surface area contributed by atoms with Gasteiger partial charge in [-0.2, -0.15) is 13.2 Å². The van der Waals surface area contributed by atoms with Gasteiger partial charge in [-0.3, -0.25) is 9.00 Å². The second kappa shape index (κ2) is 10.4. The quantitative estimate of drug-likeness (QED) is 0.612. The lowest BCUT2D eigenvalue weighted by molar-refractivity contribution is -0.146. The van der Waals surface area contributed by atoms with Crippen molar-refractivity contribution in [2.75, 3.05) is 12.9 Å². The third-order valence-corrected chi connectivity index (χ3v) is 5.61. The number of amides is 1. The number of rotatable bonds is 8. The van der Waals surface area contributed by atoms with E-state index in [4.69, 9.17) is 0 Å². The van der Waals surface area contributed by atoms with E-state index >= 15 is 0 Å². The molecule has 0 aliphatic rings. The van der Waals surface area contributed by atoms with Crippen LogP contribution >= 0.6 is 0 Å². The molecule has 0 bridgehead atoms. The van der Waals surface area contributed by atoms with Gasteiger partial charge in [0.15, 0.2) is 6.10 Å². The topological polar surface area (TPSA) is 92.7 Å². The van der Waals surface area contributed by atoms with Crippen LogP contribution < -0.4 is 5.32 Å². The van der Waals surface area contributed by atoms with Crippen LogP contribution in [0.3, 0.4) is 0 Å². The van der Waals surface area contributed by atoms with Crippen LogP contribution in [0.4, 0.5) is 13.2 Å². The minimum Gasteiger partial charge on any atom is -0.467 e. The number of carbonyl (C=O) groups is 2. The summed E-state index contributed by atoms with van der Waals surface area (Å²) in [5, 5.41) is 12.4. The fraction of sp³-hybridized carbons (Fsp3) is 0.300. The average Bonchev–Trinajstić information content (AvgIpc) is 2.75. The number of benzene rings is 2. The van der Waals surface area contributed by atoms with Crippen molar-refractivity contribution in [2.24, 2.45) is 0 Å². The molecule has 2 aromatic rings. The maximum atomic E-state index is 12.6. The van der Waals surface area contributed by atoms with E-state index in [-0.39, 0.29) is 17.7 Å². The van der Waals surface area contributed by atoms with Gasteiger partial charge in [0.05, 0.1) is 23.5 Å². The van der Waals surface area contributed by atoms with E-state index in [1.807, 2.05) is 0 Å². The predicted molar refractivity (Wildman–Crippen MR) is 103 cm³/mol. The van der Waals surface area contributed by atoms with Gasteiger partial charge in [-0.05, 0) is 36.2 Å². The number of esters is 1. The highest BCUT2D eigenvalue weighted by Gasteiger charge is 2.31. The Hall–Kier alpha value is -2.72. The normalized spacial score (nSPS) is 14.4. The lowest BCUT2D eigenvalue weighted by Crippen LogP contribution is -2.44. The Morgan fingerprint density at radius 2 is 1.70 bits per heavy atom. The maximum Gasteiger partial charge on any atom is 0.416 e.